The molecule has 0 aliphatic carbocycles. The normalized spacial score (nSPS) is 18.5. The lowest BCUT2D eigenvalue weighted by Crippen LogP contribution is -2.30. The van der Waals surface area contributed by atoms with E-state index in [9.17, 15) is 4.79 Å². The van der Waals surface area contributed by atoms with Crippen molar-refractivity contribution in [1.82, 2.24) is 10.6 Å². The van der Waals surface area contributed by atoms with Crippen molar-refractivity contribution in [3.63, 3.8) is 0 Å². The first-order valence-electron chi connectivity index (χ1n) is 6.79. The SMILES string of the molecule is C[C@H](NC(=O)CCC1CCNCC1)c1ccco1. The molecule has 1 fully saturated rings. The van der Waals surface area contributed by atoms with Gasteiger partial charge in [0.1, 0.15) is 5.76 Å². The Morgan fingerprint density at radius 3 is 3.00 bits per heavy atom. The van der Waals surface area contributed by atoms with E-state index >= 15 is 0 Å². The van der Waals surface area contributed by atoms with Crippen molar-refractivity contribution >= 4 is 5.91 Å². The molecule has 1 saturated heterocycles. The molecule has 1 aliphatic heterocycles. The third-order valence-electron chi connectivity index (χ3n) is 3.59. The van der Waals surface area contributed by atoms with Crippen molar-refractivity contribution in [1.29, 1.82) is 0 Å². The fraction of sp³-hybridized carbons (Fsp3) is 0.643. The molecule has 1 aromatic heterocycles. The Morgan fingerprint density at radius 1 is 1.56 bits per heavy atom. The summed E-state index contributed by atoms with van der Waals surface area (Å²) in [6, 6.07) is 3.69. The van der Waals surface area contributed by atoms with Crippen LogP contribution >= 0.6 is 0 Å². The van der Waals surface area contributed by atoms with Crippen molar-refractivity contribution in [3.05, 3.63) is 24.2 Å². The van der Waals surface area contributed by atoms with E-state index in [-0.39, 0.29) is 11.9 Å². The van der Waals surface area contributed by atoms with E-state index in [0.717, 1.165) is 25.3 Å². The number of carbonyl (C=O) groups excluding carboxylic acids is 1. The third-order valence-corrected chi connectivity index (χ3v) is 3.59. The highest BCUT2D eigenvalue weighted by atomic mass is 16.3. The fourth-order valence-corrected chi connectivity index (χ4v) is 2.43. The van der Waals surface area contributed by atoms with E-state index in [0.29, 0.717) is 12.3 Å². The van der Waals surface area contributed by atoms with Gasteiger partial charge in [0.25, 0.3) is 0 Å². The van der Waals surface area contributed by atoms with Crippen molar-refractivity contribution in [2.75, 3.05) is 13.1 Å². The van der Waals surface area contributed by atoms with Gasteiger partial charge in [-0.05, 0) is 57.3 Å². The number of hydrogen-bond acceptors (Lipinski definition) is 3. The van der Waals surface area contributed by atoms with E-state index < -0.39 is 0 Å². The predicted molar refractivity (Wildman–Crippen MR) is 70.1 cm³/mol. The van der Waals surface area contributed by atoms with Gasteiger partial charge in [0.15, 0.2) is 0 Å². The van der Waals surface area contributed by atoms with E-state index in [1.54, 1.807) is 6.26 Å². The molecule has 1 aromatic rings. The molecular formula is C14H22N2O2. The number of nitrogens with one attached hydrogen (secondary N) is 2. The molecular weight excluding hydrogens is 228 g/mol. The van der Waals surface area contributed by atoms with Crippen molar-refractivity contribution in [2.24, 2.45) is 5.92 Å². The van der Waals surface area contributed by atoms with Gasteiger partial charge in [-0.3, -0.25) is 4.79 Å². The van der Waals surface area contributed by atoms with Crippen molar-refractivity contribution in [2.45, 2.75) is 38.6 Å². The van der Waals surface area contributed by atoms with Crippen LogP contribution in [0.4, 0.5) is 0 Å². The van der Waals surface area contributed by atoms with Crippen LogP contribution in [0.25, 0.3) is 0 Å². The molecule has 0 aromatic carbocycles. The van der Waals surface area contributed by atoms with Crippen LogP contribution in [0.15, 0.2) is 22.8 Å². The molecule has 0 unspecified atom stereocenters. The Labute approximate surface area is 108 Å². The molecule has 100 valence electrons. The Hall–Kier alpha value is -1.29. The number of piperidine rings is 1. The Bertz CT molecular complexity index is 356. The second kappa shape index (κ2) is 6.59. The fourth-order valence-electron chi connectivity index (χ4n) is 2.43. The van der Waals surface area contributed by atoms with E-state index in [1.807, 2.05) is 19.1 Å². The van der Waals surface area contributed by atoms with E-state index in [2.05, 4.69) is 10.6 Å². The van der Waals surface area contributed by atoms with Gasteiger partial charge in [0.05, 0.1) is 12.3 Å². The minimum absolute atomic E-state index is 0.0412. The quantitative estimate of drug-likeness (QED) is 0.842. The zero-order valence-corrected chi connectivity index (χ0v) is 10.9. The number of hydrogen-bond donors (Lipinski definition) is 2. The van der Waals surface area contributed by atoms with Crippen LogP contribution in [-0.2, 0) is 4.79 Å². The summed E-state index contributed by atoms with van der Waals surface area (Å²) in [4.78, 5) is 11.8. The van der Waals surface area contributed by atoms with Gasteiger partial charge >= 0.3 is 0 Å². The molecule has 18 heavy (non-hydrogen) atoms. The minimum atomic E-state index is -0.0412. The lowest BCUT2D eigenvalue weighted by atomic mass is 9.93. The first-order valence-corrected chi connectivity index (χ1v) is 6.79. The van der Waals surface area contributed by atoms with Crippen LogP contribution in [0, 0.1) is 5.92 Å². The van der Waals surface area contributed by atoms with Crippen LogP contribution < -0.4 is 10.6 Å². The summed E-state index contributed by atoms with van der Waals surface area (Å²) in [6.45, 7) is 4.13. The van der Waals surface area contributed by atoms with Crippen LogP contribution in [-0.4, -0.2) is 19.0 Å². The summed E-state index contributed by atoms with van der Waals surface area (Å²) >= 11 is 0. The topological polar surface area (TPSA) is 54.3 Å². The monoisotopic (exact) mass is 250 g/mol. The molecule has 1 aliphatic rings. The molecule has 1 amide bonds. The first kappa shape index (κ1) is 13.1. The molecule has 0 bridgehead atoms. The molecule has 2 rings (SSSR count). The lowest BCUT2D eigenvalue weighted by molar-refractivity contribution is -0.122. The van der Waals surface area contributed by atoms with Gasteiger partial charge in [-0.2, -0.15) is 0 Å². The number of rotatable bonds is 5. The highest BCUT2D eigenvalue weighted by Gasteiger charge is 2.16. The zero-order chi connectivity index (χ0) is 12.8. The second-order valence-electron chi connectivity index (χ2n) is 5.04. The lowest BCUT2D eigenvalue weighted by Gasteiger charge is -2.22. The van der Waals surface area contributed by atoms with Crippen LogP contribution in [0.3, 0.4) is 0 Å². The van der Waals surface area contributed by atoms with Crippen LogP contribution in [0.5, 0.6) is 0 Å². The Kier molecular flexibility index (Phi) is 4.81. The summed E-state index contributed by atoms with van der Waals surface area (Å²) in [5.74, 6) is 1.64. The number of furan rings is 1. The molecule has 2 heterocycles. The van der Waals surface area contributed by atoms with Crippen molar-refractivity contribution in [3.8, 4) is 0 Å². The first-order chi connectivity index (χ1) is 8.75. The summed E-state index contributed by atoms with van der Waals surface area (Å²) in [5, 5.41) is 6.31. The summed E-state index contributed by atoms with van der Waals surface area (Å²) in [7, 11) is 0. The molecule has 4 nitrogen and oxygen atoms in total. The smallest absolute Gasteiger partial charge is 0.220 e. The van der Waals surface area contributed by atoms with E-state index in [4.69, 9.17) is 4.42 Å². The average molecular weight is 250 g/mol. The molecule has 2 N–H and O–H groups in total. The number of carbonyl (C=O) groups is 1. The molecule has 0 spiro atoms. The zero-order valence-electron chi connectivity index (χ0n) is 10.9. The Morgan fingerprint density at radius 2 is 2.33 bits per heavy atom. The maximum Gasteiger partial charge on any atom is 0.220 e. The van der Waals surface area contributed by atoms with Gasteiger partial charge in [-0.15, -0.1) is 0 Å². The summed E-state index contributed by atoms with van der Waals surface area (Å²) in [6.07, 6.45) is 5.64. The van der Waals surface area contributed by atoms with Crippen LogP contribution in [0.1, 0.15) is 44.4 Å². The molecule has 4 heteroatoms. The highest BCUT2D eigenvalue weighted by molar-refractivity contribution is 5.76. The molecule has 0 radical (unpaired) electrons. The maximum atomic E-state index is 11.8. The largest absolute Gasteiger partial charge is 0.467 e. The highest BCUT2D eigenvalue weighted by Crippen LogP contribution is 2.18. The predicted octanol–water partition coefficient (Wildman–Crippen LogP) is 2.24. The summed E-state index contributed by atoms with van der Waals surface area (Å²) in [5.41, 5.74) is 0. The molecule has 1 atom stereocenters. The average Bonchev–Trinajstić information content (AvgIpc) is 2.91. The van der Waals surface area contributed by atoms with Gasteiger partial charge in [0, 0.05) is 6.42 Å². The van der Waals surface area contributed by atoms with E-state index in [1.165, 1.54) is 12.8 Å². The van der Waals surface area contributed by atoms with Crippen molar-refractivity contribution < 1.29 is 9.21 Å². The van der Waals surface area contributed by atoms with Gasteiger partial charge in [-0.25, -0.2) is 0 Å². The van der Waals surface area contributed by atoms with Gasteiger partial charge < -0.3 is 15.1 Å². The maximum absolute atomic E-state index is 11.8. The minimum Gasteiger partial charge on any atom is -0.467 e. The summed E-state index contributed by atoms with van der Waals surface area (Å²) < 4.78 is 5.27. The third kappa shape index (κ3) is 3.88. The Balaban J connectivity index is 1.68. The second-order valence-corrected chi connectivity index (χ2v) is 5.04. The van der Waals surface area contributed by atoms with Crippen LogP contribution in [0.2, 0.25) is 0 Å². The van der Waals surface area contributed by atoms with Gasteiger partial charge in [0.2, 0.25) is 5.91 Å². The molecule has 0 saturated carbocycles. The standard InChI is InChI=1S/C14H22N2O2/c1-11(13-3-2-10-18-13)16-14(17)5-4-12-6-8-15-9-7-12/h2-3,10-12,15H,4-9H2,1H3,(H,16,17)/t11-/m0/s1. The van der Waals surface area contributed by atoms with Gasteiger partial charge in [-0.1, -0.05) is 0 Å². The number of amides is 1.